The minimum atomic E-state index is 0.0676. The number of nitrogens with zero attached hydrogens (tertiary/aromatic N) is 1. The van der Waals surface area contributed by atoms with Crippen LogP contribution in [0.5, 0.6) is 0 Å². The van der Waals surface area contributed by atoms with E-state index in [0.717, 1.165) is 38.1 Å². The van der Waals surface area contributed by atoms with Gasteiger partial charge in [-0.05, 0) is 39.0 Å². The summed E-state index contributed by atoms with van der Waals surface area (Å²) in [4.78, 5) is 14.3. The predicted octanol–water partition coefficient (Wildman–Crippen LogP) is 1.73. The number of hydrogen-bond donors (Lipinski definition) is 1. The van der Waals surface area contributed by atoms with Gasteiger partial charge >= 0.3 is 0 Å². The molecular weight excluding hydrogens is 220 g/mol. The van der Waals surface area contributed by atoms with Gasteiger partial charge in [-0.2, -0.15) is 11.8 Å². The zero-order chi connectivity index (χ0) is 12.0. The molecule has 0 aromatic carbocycles. The van der Waals surface area contributed by atoms with Crippen LogP contribution in [-0.4, -0.2) is 48.0 Å². The fraction of sp³-hybridized carbons (Fsp3) is 0.917. The molecule has 0 aliphatic carbocycles. The van der Waals surface area contributed by atoms with Gasteiger partial charge in [0.2, 0.25) is 5.91 Å². The highest BCUT2D eigenvalue weighted by atomic mass is 32.2. The van der Waals surface area contributed by atoms with E-state index in [-0.39, 0.29) is 6.04 Å². The number of amides is 1. The number of likely N-dealkylation sites (tertiary alicyclic amines) is 1. The molecule has 0 aromatic rings. The van der Waals surface area contributed by atoms with Gasteiger partial charge in [0, 0.05) is 18.3 Å². The molecule has 0 bridgehead atoms. The maximum Gasteiger partial charge on any atom is 0.239 e. The highest BCUT2D eigenvalue weighted by Gasteiger charge is 2.30. The van der Waals surface area contributed by atoms with Crippen molar-refractivity contribution in [1.29, 1.82) is 0 Å². The van der Waals surface area contributed by atoms with Gasteiger partial charge < -0.3 is 10.2 Å². The van der Waals surface area contributed by atoms with E-state index in [0.29, 0.717) is 11.9 Å². The largest absolute Gasteiger partial charge is 0.338 e. The molecule has 0 spiro atoms. The smallest absolute Gasteiger partial charge is 0.239 e. The van der Waals surface area contributed by atoms with Gasteiger partial charge in [0.05, 0.1) is 6.04 Å². The summed E-state index contributed by atoms with van der Waals surface area (Å²) in [5.41, 5.74) is 0. The summed E-state index contributed by atoms with van der Waals surface area (Å²) in [6, 6.07) is 0.437. The van der Waals surface area contributed by atoms with E-state index in [1.807, 2.05) is 16.7 Å². The normalized spacial score (nSPS) is 23.6. The zero-order valence-electron chi connectivity index (χ0n) is 10.7. The maximum atomic E-state index is 12.2. The Morgan fingerprint density at radius 1 is 1.62 bits per heavy atom. The Morgan fingerprint density at radius 3 is 3.00 bits per heavy atom. The van der Waals surface area contributed by atoms with Crippen LogP contribution in [0.2, 0.25) is 0 Å². The van der Waals surface area contributed by atoms with E-state index >= 15 is 0 Å². The minimum Gasteiger partial charge on any atom is -0.338 e. The van der Waals surface area contributed by atoms with Crippen LogP contribution in [-0.2, 0) is 4.79 Å². The Balaban J connectivity index is 2.49. The monoisotopic (exact) mass is 244 g/mol. The molecule has 1 saturated heterocycles. The zero-order valence-corrected chi connectivity index (χ0v) is 11.5. The molecule has 1 aliphatic rings. The van der Waals surface area contributed by atoms with Crippen molar-refractivity contribution in [1.82, 2.24) is 10.2 Å². The van der Waals surface area contributed by atoms with Crippen LogP contribution in [0.25, 0.3) is 0 Å². The van der Waals surface area contributed by atoms with Gasteiger partial charge in [-0.3, -0.25) is 4.79 Å². The van der Waals surface area contributed by atoms with Crippen LogP contribution in [0, 0.1) is 0 Å². The molecule has 1 aliphatic heterocycles. The van der Waals surface area contributed by atoms with Crippen LogP contribution in [0.1, 0.15) is 33.1 Å². The lowest BCUT2D eigenvalue weighted by Gasteiger charge is -2.36. The molecule has 1 amide bonds. The first-order valence-corrected chi connectivity index (χ1v) is 7.62. The van der Waals surface area contributed by atoms with Crippen molar-refractivity contribution in [2.45, 2.75) is 45.2 Å². The van der Waals surface area contributed by atoms with Crippen molar-refractivity contribution in [3.8, 4) is 0 Å². The van der Waals surface area contributed by atoms with E-state index in [1.165, 1.54) is 0 Å². The molecule has 16 heavy (non-hydrogen) atoms. The molecule has 2 atom stereocenters. The lowest BCUT2D eigenvalue weighted by atomic mass is 10.0. The van der Waals surface area contributed by atoms with E-state index in [9.17, 15) is 4.79 Å². The van der Waals surface area contributed by atoms with Gasteiger partial charge in [0.15, 0.2) is 0 Å². The molecule has 2 unspecified atom stereocenters. The standard InChI is InChI=1S/C12H24N2OS/c1-4-7-13-11-6-5-8-14(12(11)15)10(2)9-16-3/h10-11,13H,4-9H2,1-3H3. The summed E-state index contributed by atoms with van der Waals surface area (Å²) in [7, 11) is 0. The third-order valence-corrected chi connectivity index (χ3v) is 3.87. The Kier molecular flexibility index (Phi) is 6.21. The van der Waals surface area contributed by atoms with E-state index in [2.05, 4.69) is 25.4 Å². The molecule has 1 heterocycles. The van der Waals surface area contributed by atoms with Crippen LogP contribution in [0.4, 0.5) is 0 Å². The number of piperidine rings is 1. The van der Waals surface area contributed by atoms with Crippen LogP contribution >= 0.6 is 11.8 Å². The second kappa shape index (κ2) is 7.17. The lowest BCUT2D eigenvalue weighted by molar-refractivity contribution is -0.137. The molecule has 1 rings (SSSR count). The van der Waals surface area contributed by atoms with Gasteiger partial charge in [-0.1, -0.05) is 6.92 Å². The number of rotatable bonds is 6. The topological polar surface area (TPSA) is 32.3 Å². The molecule has 0 saturated carbocycles. The third kappa shape index (κ3) is 3.67. The van der Waals surface area contributed by atoms with Crippen molar-refractivity contribution in [2.24, 2.45) is 0 Å². The van der Waals surface area contributed by atoms with Crippen molar-refractivity contribution in [3.63, 3.8) is 0 Å². The molecule has 0 aromatic heterocycles. The van der Waals surface area contributed by atoms with E-state index in [4.69, 9.17) is 0 Å². The molecule has 3 nitrogen and oxygen atoms in total. The molecule has 1 fully saturated rings. The number of carbonyl (C=O) groups excluding carboxylic acids is 1. The summed E-state index contributed by atoms with van der Waals surface area (Å²) in [6.45, 7) is 6.16. The molecule has 1 N–H and O–H groups in total. The number of hydrogen-bond acceptors (Lipinski definition) is 3. The average Bonchev–Trinajstić information content (AvgIpc) is 2.28. The Labute approximate surface area is 103 Å². The minimum absolute atomic E-state index is 0.0676. The second-order valence-electron chi connectivity index (χ2n) is 4.48. The Bertz CT molecular complexity index is 223. The highest BCUT2D eigenvalue weighted by molar-refractivity contribution is 7.98. The number of thioether (sulfide) groups is 1. The van der Waals surface area contributed by atoms with Gasteiger partial charge in [-0.25, -0.2) is 0 Å². The quantitative estimate of drug-likeness (QED) is 0.772. The first-order chi connectivity index (χ1) is 7.70. The predicted molar refractivity (Wildman–Crippen MR) is 70.9 cm³/mol. The summed E-state index contributed by atoms with van der Waals surface area (Å²) < 4.78 is 0. The average molecular weight is 244 g/mol. The van der Waals surface area contributed by atoms with Crippen molar-refractivity contribution in [2.75, 3.05) is 25.1 Å². The summed E-state index contributed by atoms with van der Waals surface area (Å²) in [5, 5.41) is 3.35. The SMILES string of the molecule is CCCNC1CCCN(C(C)CSC)C1=O. The van der Waals surface area contributed by atoms with Gasteiger partial charge in [-0.15, -0.1) is 0 Å². The van der Waals surface area contributed by atoms with Crippen LogP contribution in [0.15, 0.2) is 0 Å². The number of carbonyl (C=O) groups is 1. The Hall–Kier alpha value is -0.220. The molecule has 0 radical (unpaired) electrons. The maximum absolute atomic E-state index is 12.2. The van der Waals surface area contributed by atoms with Crippen molar-refractivity contribution in [3.05, 3.63) is 0 Å². The third-order valence-electron chi connectivity index (χ3n) is 3.05. The summed E-state index contributed by atoms with van der Waals surface area (Å²) in [6.07, 6.45) is 5.31. The second-order valence-corrected chi connectivity index (χ2v) is 5.40. The fourth-order valence-electron chi connectivity index (χ4n) is 2.18. The van der Waals surface area contributed by atoms with Gasteiger partial charge in [0.25, 0.3) is 0 Å². The first-order valence-electron chi connectivity index (χ1n) is 6.23. The molecule has 94 valence electrons. The van der Waals surface area contributed by atoms with Crippen LogP contribution < -0.4 is 5.32 Å². The summed E-state index contributed by atoms with van der Waals surface area (Å²) in [5.74, 6) is 1.34. The lowest BCUT2D eigenvalue weighted by Crippen LogP contribution is -2.54. The van der Waals surface area contributed by atoms with Crippen LogP contribution in [0.3, 0.4) is 0 Å². The van der Waals surface area contributed by atoms with Crippen molar-refractivity contribution < 1.29 is 4.79 Å². The molecule has 4 heteroatoms. The molecular formula is C12H24N2OS. The summed E-state index contributed by atoms with van der Waals surface area (Å²) >= 11 is 1.81. The fourth-order valence-corrected chi connectivity index (χ4v) is 2.84. The first kappa shape index (κ1) is 13.8. The Morgan fingerprint density at radius 2 is 2.38 bits per heavy atom. The van der Waals surface area contributed by atoms with Gasteiger partial charge in [0.1, 0.15) is 0 Å². The van der Waals surface area contributed by atoms with E-state index in [1.54, 1.807) is 0 Å². The number of nitrogens with one attached hydrogen (secondary N) is 1. The van der Waals surface area contributed by atoms with Crippen molar-refractivity contribution >= 4 is 17.7 Å². The van der Waals surface area contributed by atoms with E-state index < -0.39 is 0 Å². The highest BCUT2D eigenvalue weighted by Crippen LogP contribution is 2.16.